The molecular weight excluding hydrogens is 406 g/mol. The Morgan fingerprint density at radius 1 is 0.875 bits per heavy atom. The second-order valence-corrected chi connectivity index (χ2v) is 9.32. The van der Waals surface area contributed by atoms with Crippen LogP contribution >= 0.6 is 0 Å². The van der Waals surface area contributed by atoms with Gasteiger partial charge in [-0.05, 0) is 37.8 Å². The van der Waals surface area contributed by atoms with Crippen LogP contribution in [0.3, 0.4) is 0 Å². The summed E-state index contributed by atoms with van der Waals surface area (Å²) in [5.41, 5.74) is 2.07. The molecule has 2 aromatic carbocycles. The Kier molecular flexibility index (Phi) is 4.86. The van der Waals surface area contributed by atoms with Crippen molar-refractivity contribution in [2.75, 3.05) is 34.1 Å². The van der Waals surface area contributed by atoms with Gasteiger partial charge in [0.1, 0.15) is 17.2 Å². The first-order valence-corrected chi connectivity index (χ1v) is 11.8. The quantitative estimate of drug-likeness (QED) is 0.675. The lowest BCUT2D eigenvalue weighted by Crippen LogP contribution is -2.61. The van der Waals surface area contributed by atoms with Gasteiger partial charge in [0, 0.05) is 54.6 Å². The molecule has 0 N–H and O–H groups in total. The van der Waals surface area contributed by atoms with Crippen LogP contribution in [0.2, 0.25) is 0 Å². The van der Waals surface area contributed by atoms with Crippen LogP contribution in [0.25, 0.3) is 0 Å². The van der Waals surface area contributed by atoms with E-state index in [1.54, 1.807) is 14.2 Å². The molecule has 0 bridgehead atoms. The van der Waals surface area contributed by atoms with Crippen molar-refractivity contribution < 1.29 is 23.7 Å². The third-order valence-corrected chi connectivity index (χ3v) is 7.83. The highest BCUT2D eigenvalue weighted by atomic mass is 16.7. The van der Waals surface area contributed by atoms with Crippen LogP contribution < -0.4 is 23.7 Å². The van der Waals surface area contributed by atoms with Crippen molar-refractivity contribution in [1.82, 2.24) is 4.90 Å². The van der Waals surface area contributed by atoms with Crippen LogP contribution in [0.4, 0.5) is 0 Å². The fourth-order valence-electron chi connectivity index (χ4n) is 6.40. The van der Waals surface area contributed by atoms with E-state index >= 15 is 0 Å². The highest BCUT2D eigenvalue weighted by Gasteiger charge is 2.55. The largest absolute Gasteiger partial charge is 0.497 e. The number of hydrogen-bond donors (Lipinski definition) is 0. The molecule has 2 fully saturated rings. The highest BCUT2D eigenvalue weighted by molar-refractivity contribution is 5.58. The Balaban J connectivity index is 1.56. The van der Waals surface area contributed by atoms with Gasteiger partial charge in [-0.1, -0.05) is 12.5 Å². The van der Waals surface area contributed by atoms with Gasteiger partial charge in [-0.3, -0.25) is 4.90 Å². The maximum atomic E-state index is 7.03. The number of ether oxygens (including phenoxy) is 5. The van der Waals surface area contributed by atoms with Gasteiger partial charge in [0.2, 0.25) is 6.79 Å². The van der Waals surface area contributed by atoms with Crippen molar-refractivity contribution in [3.63, 3.8) is 0 Å². The molecule has 6 heteroatoms. The van der Waals surface area contributed by atoms with E-state index in [9.17, 15) is 0 Å². The predicted octanol–water partition coefficient (Wildman–Crippen LogP) is 4.94. The van der Waals surface area contributed by atoms with E-state index in [2.05, 4.69) is 17.0 Å². The molecule has 6 rings (SSSR count). The van der Waals surface area contributed by atoms with Crippen molar-refractivity contribution in [1.29, 1.82) is 0 Å². The van der Waals surface area contributed by atoms with Gasteiger partial charge in [0.15, 0.2) is 17.2 Å². The summed E-state index contributed by atoms with van der Waals surface area (Å²) in [7, 11) is 3.44. The third-order valence-electron chi connectivity index (χ3n) is 7.83. The molecule has 1 aliphatic carbocycles. The van der Waals surface area contributed by atoms with Gasteiger partial charge >= 0.3 is 0 Å². The van der Waals surface area contributed by atoms with E-state index < -0.39 is 0 Å². The first kappa shape index (κ1) is 20.0. The molecule has 0 aromatic heterocycles. The van der Waals surface area contributed by atoms with E-state index in [1.165, 1.54) is 36.8 Å². The number of nitrogens with zero attached hydrogens (tertiary/aromatic N) is 1. The SMILES string of the molecule is COc1ccc([C@@H]2c3cc4c(cc3O[C@@]3(N5CCCC5)CCCC[C@H]23)OCO4)c(OC)c1. The topological polar surface area (TPSA) is 49.4 Å². The minimum Gasteiger partial charge on any atom is -0.497 e. The van der Waals surface area contributed by atoms with E-state index in [4.69, 9.17) is 23.7 Å². The zero-order chi connectivity index (χ0) is 21.7. The smallest absolute Gasteiger partial charge is 0.231 e. The van der Waals surface area contributed by atoms with Crippen molar-refractivity contribution in [3.8, 4) is 28.7 Å². The molecule has 3 aliphatic heterocycles. The summed E-state index contributed by atoms with van der Waals surface area (Å²) in [5.74, 6) is 4.64. The van der Waals surface area contributed by atoms with E-state index in [0.717, 1.165) is 54.7 Å². The van der Waals surface area contributed by atoms with Gasteiger partial charge < -0.3 is 23.7 Å². The zero-order valence-corrected chi connectivity index (χ0v) is 18.9. The Bertz CT molecular complexity index is 1020. The molecule has 2 aromatic rings. The number of methoxy groups -OCH3 is 2. The van der Waals surface area contributed by atoms with Crippen LogP contribution in [0.15, 0.2) is 30.3 Å². The standard InChI is InChI=1S/C26H31NO5/c1-28-17-8-9-18(21(13-17)29-2)25-19-14-23-24(31-16-30-23)15-22(19)32-26(27-11-5-6-12-27)10-4-3-7-20(25)26/h8-9,13-15,20,25H,3-7,10-12,16H2,1-2H3/t20-,25-,26+/m1/s1. The molecule has 0 amide bonds. The summed E-state index contributed by atoms with van der Waals surface area (Å²) in [6, 6.07) is 10.4. The Labute approximate surface area is 189 Å². The van der Waals surface area contributed by atoms with Crippen molar-refractivity contribution in [2.24, 2.45) is 5.92 Å². The maximum absolute atomic E-state index is 7.03. The molecule has 1 saturated heterocycles. The van der Waals surface area contributed by atoms with Gasteiger partial charge in [-0.15, -0.1) is 0 Å². The van der Waals surface area contributed by atoms with Crippen LogP contribution in [0.5, 0.6) is 28.7 Å². The summed E-state index contributed by atoms with van der Waals surface area (Å²) >= 11 is 0. The summed E-state index contributed by atoms with van der Waals surface area (Å²) in [4.78, 5) is 2.62. The summed E-state index contributed by atoms with van der Waals surface area (Å²) in [6.45, 7) is 2.46. The summed E-state index contributed by atoms with van der Waals surface area (Å²) in [6.07, 6.45) is 7.08. The molecule has 0 spiro atoms. The molecule has 32 heavy (non-hydrogen) atoms. The first-order valence-electron chi connectivity index (χ1n) is 11.8. The molecule has 6 nitrogen and oxygen atoms in total. The van der Waals surface area contributed by atoms with Crippen LogP contribution in [-0.2, 0) is 0 Å². The number of likely N-dealkylation sites (tertiary alicyclic amines) is 1. The highest BCUT2D eigenvalue weighted by Crippen LogP contribution is 2.58. The summed E-state index contributed by atoms with van der Waals surface area (Å²) < 4.78 is 29.9. The second-order valence-electron chi connectivity index (χ2n) is 9.32. The maximum Gasteiger partial charge on any atom is 0.231 e. The number of fused-ring (bicyclic) bond motifs is 3. The minimum atomic E-state index is -0.287. The van der Waals surface area contributed by atoms with Crippen LogP contribution in [0, 0.1) is 5.92 Å². The molecule has 3 heterocycles. The minimum absolute atomic E-state index is 0.148. The van der Waals surface area contributed by atoms with Crippen molar-refractivity contribution in [2.45, 2.75) is 50.2 Å². The Hall–Kier alpha value is -2.60. The predicted molar refractivity (Wildman–Crippen MR) is 120 cm³/mol. The fourth-order valence-corrected chi connectivity index (χ4v) is 6.40. The fraction of sp³-hybridized carbons (Fsp3) is 0.538. The normalized spacial score (nSPS) is 28.6. The van der Waals surface area contributed by atoms with E-state index in [1.807, 2.05) is 18.2 Å². The van der Waals surface area contributed by atoms with Crippen molar-refractivity contribution in [3.05, 3.63) is 41.5 Å². The second kappa shape index (κ2) is 7.77. The monoisotopic (exact) mass is 437 g/mol. The van der Waals surface area contributed by atoms with Crippen LogP contribution in [-0.4, -0.2) is 44.7 Å². The Morgan fingerprint density at radius 2 is 1.69 bits per heavy atom. The Morgan fingerprint density at radius 3 is 2.47 bits per heavy atom. The summed E-state index contributed by atoms with van der Waals surface area (Å²) in [5, 5.41) is 0. The lowest BCUT2D eigenvalue weighted by atomic mass is 9.66. The number of hydrogen-bond acceptors (Lipinski definition) is 6. The lowest BCUT2D eigenvalue weighted by Gasteiger charge is -2.55. The lowest BCUT2D eigenvalue weighted by molar-refractivity contribution is -0.154. The molecule has 0 radical (unpaired) electrons. The zero-order valence-electron chi connectivity index (χ0n) is 18.9. The van der Waals surface area contributed by atoms with Gasteiger partial charge in [-0.25, -0.2) is 0 Å². The van der Waals surface area contributed by atoms with E-state index in [-0.39, 0.29) is 18.4 Å². The average Bonchev–Trinajstić information content (AvgIpc) is 3.53. The van der Waals surface area contributed by atoms with Crippen LogP contribution in [0.1, 0.15) is 55.6 Å². The number of benzene rings is 2. The third kappa shape index (κ3) is 2.95. The van der Waals surface area contributed by atoms with Gasteiger partial charge in [0.25, 0.3) is 0 Å². The average molecular weight is 438 g/mol. The van der Waals surface area contributed by atoms with Gasteiger partial charge in [-0.2, -0.15) is 0 Å². The van der Waals surface area contributed by atoms with Crippen molar-refractivity contribution >= 4 is 0 Å². The molecule has 4 aliphatic rings. The first-order chi connectivity index (χ1) is 15.7. The van der Waals surface area contributed by atoms with Gasteiger partial charge in [0.05, 0.1) is 14.2 Å². The molecule has 1 saturated carbocycles. The number of rotatable bonds is 4. The molecular formula is C26H31NO5. The molecule has 0 unspecified atom stereocenters. The van der Waals surface area contributed by atoms with E-state index in [0.29, 0.717) is 5.92 Å². The molecule has 3 atom stereocenters. The molecule has 170 valence electrons.